The molecule has 3 aromatic rings. The van der Waals surface area contributed by atoms with Crippen LogP contribution in [0.3, 0.4) is 0 Å². The van der Waals surface area contributed by atoms with E-state index < -0.39 is 0 Å². The maximum Gasteiger partial charge on any atom is 0.167 e. The van der Waals surface area contributed by atoms with Gasteiger partial charge in [-0.3, -0.25) is 9.59 Å². The number of methoxy groups -OCH3 is 1. The molecular formula is C19H16O3S. The summed E-state index contributed by atoms with van der Waals surface area (Å²) in [7, 11) is 1.54. The van der Waals surface area contributed by atoms with Crippen molar-refractivity contribution in [2.45, 2.75) is 12.8 Å². The minimum absolute atomic E-state index is 0.0126. The fraction of sp³-hybridized carbons (Fsp3) is 0.158. The van der Waals surface area contributed by atoms with Gasteiger partial charge in [-0.1, -0.05) is 12.1 Å². The van der Waals surface area contributed by atoms with Gasteiger partial charge in [0.05, 0.1) is 12.7 Å². The third-order valence-corrected chi connectivity index (χ3v) is 4.66. The smallest absolute Gasteiger partial charge is 0.167 e. The number of benzene rings is 2. The predicted molar refractivity (Wildman–Crippen MR) is 92.7 cm³/mol. The number of rotatable bonds is 6. The van der Waals surface area contributed by atoms with Gasteiger partial charge < -0.3 is 4.74 Å². The second kappa shape index (κ2) is 6.75. The fourth-order valence-electron chi connectivity index (χ4n) is 2.52. The second-order valence-electron chi connectivity index (χ2n) is 5.22. The molecule has 1 aromatic heterocycles. The lowest BCUT2D eigenvalue weighted by Gasteiger charge is -2.07. The van der Waals surface area contributed by atoms with Crippen LogP contribution in [-0.2, 0) is 0 Å². The Morgan fingerprint density at radius 3 is 2.61 bits per heavy atom. The second-order valence-corrected chi connectivity index (χ2v) is 6.17. The van der Waals surface area contributed by atoms with Crippen molar-refractivity contribution < 1.29 is 14.3 Å². The molecular weight excluding hydrogens is 308 g/mol. The van der Waals surface area contributed by atoms with E-state index in [9.17, 15) is 9.59 Å². The van der Waals surface area contributed by atoms with Crippen LogP contribution in [-0.4, -0.2) is 18.7 Å². The van der Waals surface area contributed by atoms with Gasteiger partial charge in [-0.25, -0.2) is 0 Å². The zero-order chi connectivity index (χ0) is 16.2. The zero-order valence-corrected chi connectivity index (χ0v) is 13.6. The summed E-state index contributed by atoms with van der Waals surface area (Å²) in [6.45, 7) is 0. The monoisotopic (exact) mass is 324 g/mol. The van der Waals surface area contributed by atoms with Crippen LogP contribution in [0.2, 0.25) is 0 Å². The zero-order valence-electron chi connectivity index (χ0n) is 12.7. The maximum atomic E-state index is 12.3. The Bertz CT molecular complexity index is 864. The molecule has 0 aliphatic heterocycles. The molecule has 0 saturated heterocycles. The average molecular weight is 324 g/mol. The number of carbonyl (C=O) groups excluding carboxylic acids is 2. The number of hydrogen-bond donors (Lipinski definition) is 0. The topological polar surface area (TPSA) is 43.4 Å². The van der Waals surface area contributed by atoms with Crippen LogP contribution >= 0.6 is 11.3 Å². The highest BCUT2D eigenvalue weighted by molar-refractivity contribution is 7.17. The molecule has 4 heteroatoms. The van der Waals surface area contributed by atoms with Crippen molar-refractivity contribution in [3.63, 3.8) is 0 Å². The summed E-state index contributed by atoms with van der Waals surface area (Å²) in [6, 6.07) is 14.8. The fourth-order valence-corrected chi connectivity index (χ4v) is 3.29. The molecule has 0 bridgehead atoms. The normalized spacial score (nSPS) is 10.7. The van der Waals surface area contributed by atoms with Gasteiger partial charge in [0.2, 0.25) is 0 Å². The molecule has 3 nitrogen and oxygen atoms in total. The molecule has 0 N–H and O–H groups in total. The molecule has 0 aliphatic carbocycles. The summed E-state index contributed by atoms with van der Waals surface area (Å²) >= 11 is 1.65. The number of Topliss-reactive ketones (excluding diaryl/α,β-unsaturated/α-hetero) is 2. The Kier molecular flexibility index (Phi) is 4.53. The number of ketones is 2. The van der Waals surface area contributed by atoms with Crippen LogP contribution in [0.4, 0.5) is 0 Å². The lowest BCUT2D eigenvalue weighted by atomic mass is 10.0. The number of hydrogen-bond acceptors (Lipinski definition) is 4. The molecule has 0 aliphatic rings. The van der Waals surface area contributed by atoms with E-state index in [1.54, 1.807) is 29.5 Å². The molecule has 0 spiro atoms. The first-order chi connectivity index (χ1) is 11.2. The van der Waals surface area contributed by atoms with Crippen LogP contribution in [0.5, 0.6) is 5.75 Å². The first-order valence-electron chi connectivity index (χ1n) is 7.35. The minimum atomic E-state index is -0.0765. The van der Waals surface area contributed by atoms with Gasteiger partial charge in [0.1, 0.15) is 5.75 Å². The number of fused-ring (bicyclic) bond motifs is 1. The number of thiophene rings is 1. The highest BCUT2D eigenvalue weighted by Gasteiger charge is 2.14. The summed E-state index contributed by atoms with van der Waals surface area (Å²) in [5.74, 6) is 0.457. The Labute approximate surface area is 138 Å². The van der Waals surface area contributed by atoms with E-state index in [0.717, 1.165) is 10.1 Å². The number of carbonyl (C=O) groups is 2. The van der Waals surface area contributed by atoms with E-state index in [1.165, 1.54) is 7.11 Å². The first kappa shape index (κ1) is 15.4. The van der Waals surface area contributed by atoms with Crippen LogP contribution in [0.15, 0.2) is 53.9 Å². The Hall–Kier alpha value is -2.46. The molecule has 2 aromatic carbocycles. The van der Waals surface area contributed by atoms with Gasteiger partial charge in [-0.05, 0) is 47.2 Å². The lowest BCUT2D eigenvalue weighted by Crippen LogP contribution is -2.06. The SMILES string of the molecule is COc1ccccc1C(=O)CCC(=O)c1ccc2sccc2c1. The van der Waals surface area contributed by atoms with Gasteiger partial charge in [0, 0.05) is 23.1 Å². The predicted octanol–water partition coefficient (Wildman–Crippen LogP) is 4.76. The van der Waals surface area contributed by atoms with Gasteiger partial charge in [-0.15, -0.1) is 11.3 Å². The highest BCUT2D eigenvalue weighted by Crippen LogP contribution is 2.23. The third kappa shape index (κ3) is 3.32. The van der Waals surface area contributed by atoms with E-state index in [4.69, 9.17) is 4.74 Å². The van der Waals surface area contributed by atoms with Crippen LogP contribution in [0, 0.1) is 0 Å². The summed E-state index contributed by atoms with van der Waals surface area (Å²) < 4.78 is 6.35. The molecule has 0 fully saturated rings. The van der Waals surface area contributed by atoms with E-state index in [1.807, 2.05) is 35.7 Å². The molecule has 23 heavy (non-hydrogen) atoms. The summed E-state index contributed by atoms with van der Waals surface area (Å²) in [5.41, 5.74) is 1.18. The third-order valence-electron chi connectivity index (χ3n) is 3.76. The van der Waals surface area contributed by atoms with Crippen LogP contribution in [0.25, 0.3) is 10.1 Å². The summed E-state index contributed by atoms with van der Waals surface area (Å²) in [5, 5.41) is 3.07. The van der Waals surface area contributed by atoms with E-state index in [0.29, 0.717) is 16.9 Å². The van der Waals surface area contributed by atoms with Gasteiger partial charge >= 0.3 is 0 Å². The lowest BCUT2D eigenvalue weighted by molar-refractivity contribution is 0.0916. The molecule has 0 atom stereocenters. The van der Waals surface area contributed by atoms with Crippen molar-refractivity contribution in [1.82, 2.24) is 0 Å². The molecule has 116 valence electrons. The van der Waals surface area contributed by atoms with Crippen molar-refractivity contribution >= 4 is 33.0 Å². The van der Waals surface area contributed by atoms with Crippen molar-refractivity contribution in [1.29, 1.82) is 0 Å². The van der Waals surface area contributed by atoms with Crippen molar-refractivity contribution in [2.24, 2.45) is 0 Å². The highest BCUT2D eigenvalue weighted by atomic mass is 32.1. The van der Waals surface area contributed by atoms with Crippen molar-refractivity contribution in [3.05, 3.63) is 65.0 Å². The van der Waals surface area contributed by atoms with Crippen LogP contribution < -0.4 is 4.74 Å². The van der Waals surface area contributed by atoms with E-state index >= 15 is 0 Å². The standard InChI is InChI=1S/C19H16O3S/c1-22-18-5-3-2-4-15(18)17(21)8-7-16(20)13-6-9-19-14(12-13)10-11-23-19/h2-6,9-12H,7-8H2,1H3. The quantitative estimate of drug-likeness (QED) is 0.614. The molecule has 0 saturated carbocycles. The van der Waals surface area contributed by atoms with E-state index in [2.05, 4.69) is 0 Å². The minimum Gasteiger partial charge on any atom is -0.496 e. The first-order valence-corrected chi connectivity index (χ1v) is 8.23. The summed E-state index contributed by atoms with van der Waals surface area (Å²) in [6.07, 6.45) is 0.382. The Balaban J connectivity index is 1.69. The van der Waals surface area contributed by atoms with Crippen molar-refractivity contribution in [2.75, 3.05) is 7.11 Å². The van der Waals surface area contributed by atoms with Gasteiger partial charge in [0.25, 0.3) is 0 Å². The molecule has 0 radical (unpaired) electrons. The van der Waals surface area contributed by atoms with Crippen molar-refractivity contribution in [3.8, 4) is 5.75 Å². The molecule has 0 amide bonds. The van der Waals surface area contributed by atoms with E-state index in [-0.39, 0.29) is 24.4 Å². The molecule has 3 rings (SSSR count). The average Bonchev–Trinajstić information content (AvgIpc) is 3.06. The number of ether oxygens (including phenoxy) is 1. The number of para-hydroxylation sites is 1. The summed E-state index contributed by atoms with van der Waals surface area (Å²) in [4.78, 5) is 24.6. The largest absolute Gasteiger partial charge is 0.496 e. The van der Waals surface area contributed by atoms with Gasteiger partial charge in [-0.2, -0.15) is 0 Å². The Morgan fingerprint density at radius 2 is 1.78 bits per heavy atom. The maximum absolute atomic E-state index is 12.3. The van der Waals surface area contributed by atoms with Crippen LogP contribution in [0.1, 0.15) is 33.6 Å². The molecule has 0 unspecified atom stereocenters. The van der Waals surface area contributed by atoms with Gasteiger partial charge in [0.15, 0.2) is 11.6 Å². The Morgan fingerprint density at radius 1 is 1.00 bits per heavy atom. The molecule has 1 heterocycles.